The Morgan fingerprint density at radius 2 is 1.81 bits per heavy atom. The first-order valence-corrected chi connectivity index (χ1v) is 7.43. The molecule has 94 valence electrons. The van der Waals surface area contributed by atoms with Crippen LogP contribution in [0.3, 0.4) is 0 Å². The first kappa shape index (κ1) is 12.4. The van der Waals surface area contributed by atoms with Gasteiger partial charge in [0, 0.05) is 5.54 Å². The van der Waals surface area contributed by atoms with Crippen LogP contribution in [0.2, 0.25) is 0 Å². The van der Waals surface area contributed by atoms with Gasteiger partial charge in [0.2, 0.25) is 0 Å². The van der Waals surface area contributed by atoms with Crippen molar-refractivity contribution in [2.75, 3.05) is 6.54 Å². The van der Waals surface area contributed by atoms with Crippen LogP contribution in [0.25, 0.3) is 0 Å². The molecule has 2 aliphatic carbocycles. The first-order valence-electron chi connectivity index (χ1n) is 7.43. The highest BCUT2D eigenvalue weighted by Gasteiger charge is 2.27. The second-order valence-corrected chi connectivity index (χ2v) is 6.64. The van der Waals surface area contributed by atoms with Gasteiger partial charge in [-0.05, 0) is 51.0 Å². The average Bonchev–Trinajstić information content (AvgIpc) is 2.28. The van der Waals surface area contributed by atoms with Crippen molar-refractivity contribution in [3.8, 4) is 0 Å². The highest BCUT2D eigenvalue weighted by Crippen LogP contribution is 2.31. The summed E-state index contributed by atoms with van der Waals surface area (Å²) < 4.78 is 0. The van der Waals surface area contributed by atoms with Crippen LogP contribution in [0.5, 0.6) is 0 Å². The molecule has 0 aromatic carbocycles. The maximum atomic E-state index is 3.89. The largest absolute Gasteiger partial charge is 0.311 e. The third-order valence-electron chi connectivity index (χ3n) is 4.82. The number of hydrogen-bond donors (Lipinski definition) is 1. The van der Waals surface area contributed by atoms with Gasteiger partial charge in [-0.25, -0.2) is 0 Å². The molecular weight excluding hydrogens is 194 g/mol. The van der Waals surface area contributed by atoms with Crippen LogP contribution in [0.4, 0.5) is 0 Å². The van der Waals surface area contributed by atoms with Gasteiger partial charge < -0.3 is 5.32 Å². The Bertz CT molecular complexity index is 205. The summed E-state index contributed by atoms with van der Waals surface area (Å²) in [6.07, 6.45) is 13.0. The van der Waals surface area contributed by atoms with Crippen LogP contribution in [0, 0.1) is 11.8 Å². The van der Waals surface area contributed by atoms with E-state index in [9.17, 15) is 0 Å². The summed E-state index contributed by atoms with van der Waals surface area (Å²) >= 11 is 0. The van der Waals surface area contributed by atoms with Gasteiger partial charge in [0.1, 0.15) is 0 Å². The molecule has 2 fully saturated rings. The monoisotopic (exact) mass is 223 g/mol. The third-order valence-corrected chi connectivity index (χ3v) is 4.82. The molecule has 2 saturated carbocycles. The molecule has 0 aliphatic heterocycles. The summed E-state index contributed by atoms with van der Waals surface area (Å²) in [5.74, 6) is 1.93. The van der Waals surface area contributed by atoms with E-state index in [2.05, 4.69) is 19.2 Å². The fourth-order valence-electron chi connectivity index (χ4n) is 3.64. The molecule has 16 heavy (non-hydrogen) atoms. The van der Waals surface area contributed by atoms with Gasteiger partial charge in [-0.15, -0.1) is 0 Å². The van der Waals surface area contributed by atoms with Gasteiger partial charge in [-0.2, -0.15) is 0 Å². The van der Waals surface area contributed by atoms with Gasteiger partial charge in [-0.3, -0.25) is 0 Å². The van der Waals surface area contributed by atoms with Crippen molar-refractivity contribution in [2.24, 2.45) is 11.8 Å². The zero-order valence-electron chi connectivity index (χ0n) is 11.2. The van der Waals surface area contributed by atoms with Crippen LogP contribution in [0.15, 0.2) is 0 Å². The minimum absolute atomic E-state index is 0.471. The van der Waals surface area contributed by atoms with Gasteiger partial charge in [0.05, 0.1) is 0 Å². The summed E-state index contributed by atoms with van der Waals surface area (Å²) in [5.41, 5.74) is 0.471. The maximum absolute atomic E-state index is 3.89. The topological polar surface area (TPSA) is 12.0 Å². The van der Waals surface area contributed by atoms with Crippen LogP contribution in [0.1, 0.15) is 71.6 Å². The maximum Gasteiger partial charge on any atom is 0.0153 e. The number of nitrogens with one attached hydrogen (secondary N) is 1. The molecule has 1 nitrogen and oxygen atoms in total. The average molecular weight is 223 g/mol. The van der Waals surface area contributed by atoms with Crippen molar-refractivity contribution >= 4 is 0 Å². The van der Waals surface area contributed by atoms with Gasteiger partial charge in [0.25, 0.3) is 0 Å². The third kappa shape index (κ3) is 3.48. The molecule has 0 aromatic heterocycles. The minimum atomic E-state index is 0.471. The van der Waals surface area contributed by atoms with Crippen LogP contribution in [-0.2, 0) is 0 Å². The van der Waals surface area contributed by atoms with Crippen molar-refractivity contribution in [3.63, 3.8) is 0 Å². The molecule has 2 atom stereocenters. The van der Waals surface area contributed by atoms with E-state index in [1.807, 2.05) is 0 Å². The Morgan fingerprint density at radius 1 is 1.06 bits per heavy atom. The lowest BCUT2D eigenvalue weighted by Gasteiger charge is -2.37. The minimum Gasteiger partial charge on any atom is -0.311 e. The zero-order chi connectivity index (χ0) is 11.4. The molecule has 1 heteroatoms. The van der Waals surface area contributed by atoms with Crippen LogP contribution in [-0.4, -0.2) is 12.1 Å². The molecule has 0 heterocycles. The van der Waals surface area contributed by atoms with E-state index in [0.717, 1.165) is 11.8 Å². The SMILES string of the molecule is CC1CCCC(CNC2(C)CCCCC2)C1. The molecule has 1 N–H and O–H groups in total. The Hall–Kier alpha value is -0.0400. The highest BCUT2D eigenvalue weighted by atomic mass is 15.0. The highest BCUT2D eigenvalue weighted by molar-refractivity contribution is 4.87. The van der Waals surface area contributed by atoms with Crippen molar-refractivity contribution in [1.29, 1.82) is 0 Å². The van der Waals surface area contributed by atoms with E-state index >= 15 is 0 Å². The summed E-state index contributed by atoms with van der Waals surface area (Å²) in [5, 5.41) is 3.89. The fraction of sp³-hybridized carbons (Fsp3) is 1.00. The molecule has 0 spiro atoms. The van der Waals surface area contributed by atoms with E-state index in [0.29, 0.717) is 5.54 Å². The lowest BCUT2D eigenvalue weighted by Crippen LogP contribution is -2.46. The van der Waals surface area contributed by atoms with E-state index < -0.39 is 0 Å². The Balaban J connectivity index is 1.73. The van der Waals surface area contributed by atoms with Crippen molar-refractivity contribution < 1.29 is 0 Å². The molecule has 0 radical (unpaired) electrons. The Kier molecular flexibility index (Phi) is 4.29. The first-order chi connectivity index (χ1) is 7.68. The van der Waals surface area contributed by atoms with Crippen molar-refractivity contribution in [3.05, 3.63) is 0 Å². The molecule has 2 aliphatic rings. The fourth-order valence-corrected chi connectivity index (χ4v) is 3.64. The van der Waals surface area contributed by atoms with Gasteiger partial charge in [0.15, 0.2) is 0 Å². The molecular formula is C15H29N. The predicted octanol–water partition coefficient (Wildman–Crippen LogP) is 4.13. The van der Waals surface area contributed by atoms with Crippen LogP contribution < -0.4 is 5.32 Å². The summed E-state index contributed by atoms with van der Waals surface area (Å²) in [6, 6.07) is 0. The zero-order valence-corrected chi connectivity index (χ0v) is 11.2. The second kappa shape index (κ2) is 5.53. The van der Waals surface area contributed by atoms with Crippen molar-refractivity contribution in [2.45, 2.75) is 77.2 Å². The van der Waals surface area contributed by atoms with E-state index in [1.54, 1.807) is 0 Å². The van der Waals surface area contributed by atoms with Crippen LogP contribution >= 0.6 is 0 Å². The number of rotatable bonds is 3. The lowest BCUT2D eigenvalue weighted by atomic mass is 9.80. The molecule has 2 rings (SSSR count). The summed E-state index contributed by atoms with van der Waals surface area (Å²) in [6.45, 7) is 6.15. The van der Waals surface area contributed by atoms with E-state index in [1.165, 1.54) is 64.3 Å². The van der Waals surface area contributed by atoms with E-state index in [4.69, 9.17) is 0 Å². The van der Waals surface area contributed by atoms with E-state index in [-0.39, 0.29) is 0 Å². The molecule has 0 amide bonds. The molecule has 0 saturated heterocycles. The molecule has 2 unspecified atom stereocenters. The quantitative estimate of drug-likeness (QED) is 0.758. The van der Waals surface area contributed by atoms with Gasteiger partial charge >= 0.3 is 0 Å². The lowest BCUT2D eigenvalue weighted by molar-refractivity contribution is 0.209. The smallest absolute Gasteiger partial charge is 0.0153 e. The molecule has 0 bridgehead atoms. The standard InChI is InChI=1S/C15H29N/c1-13-7-6-8-14(11-13)12-16-15(2)9-4-3-5-10-15/h13-14,16H,3-12H2,1-2H3. The predicted molar refractivity (Wildman–Crippen MR) is 70.6 cm³/mol. The van der Waals surface area contributed by atoms with Gasteiger partial charge in [-0.1, -0.05) is 39.0 Å². The Labute approximate surface area is 101 Å². The normalized spacial score (nSPS) is 34.9. The summed E-state index contributed by atoms with van der Waals surface area (Å²) in [4.78, 5) is 0. The summed E-state index contributed by atoms with van der Waals surface area (Å²) in [7, 11) is 0. The van der Waals surface area contributed by atoms with Crippen molar-refractivity contribution in [1.82, 2.24) is 5.32 Å². The number of hydrogen-bond acceptors (Lipinski definition) is 1. The second-order valence-electron chi connectivity index (χ2n) is 6.64. The Morgan fingerprint density at radius 3 is 2.50 bits per heavy atom. The molecule has 0 aromatic rings.